The molecule has 1 aromatic heterocycles. The number of hydrogen-bond donors (Lipinski definition) is 1. The minimum atomic E-state index is -0.217. The Hall–Kier alpha value is -1.84. The Morgan fingerprint density at radius 2 is 2.06 bits per heavy atom. The monoisotopic (exact) mass is 219 g/mol. The molecule has 0 aliphatic rings. The van der Waals surface area contributed by atoms with Crippen molar-refractivity contribution in [1.29, 1.82) is 0 Å². The lowest BCUT2D eigenvalue weighted by molar-refractivity contribution is 0.623. The molecule has 4 heteroatoms. The van der Waals surface area contributed by atoms with E-state index in [0.717, 1.165) is 16.7 Å². The molecule has 0 fully saturated rings. The number of rotatable bonds is 2. The maximum atomic E-state index is 12.9. The first-order valence-corrected chi connectivity index (χ1v) is 5.11. The van der Waals surface area contributed by atoms with Crippen LogP contribution in [-0.4, -0.2) is 9.78 Å². The summed E-state index contributed by atoms with van der Waals surface area (Å²) >= 11 is 0. The third-order valence-electron chi connectivity index (χ3n) is 2.70. The fourth-order valence-electron chi connectivity index (χ4n) is 1.61. The summed E-state index contributed by atoms with van der Waals surface area (Å²) in [6.45, 7) is 4.37. The van der Waals surface area contributed by atoms with Crippen LogP contribution in [-0.2, 0) is 6.54 Å². The van der Waals surface area contributed by atoms with E-state index in [-0.39, 0.29) is 5.82 Å². The number of nitrogen functional groups attached to an aromatic ring is 1. The predicted octanol–water partition coefficient (Wildman–Crippen LogP) is 2.27. The molecular formula is C12H14FN3. The number of hydrogen-bond acceptors (Lipinski definition) is 2. The minimum absolute atomic E-state index is 0.217. The number of halogens is 1. The highest BCUT2D eigenvalue weighted by Gasteiger charge is 2.06. The highest BCUT2D eigenvalue weighted by Crippen LogP contribution is 2.15. The van der Waals surface area contributed by atoms with Crippen LogP contribution in [0.15, 0.2) is 24.4 Å². The first-order chi connectivity index (χ1) is 7.58. The van der Waals surface area contributed by atoms with Gasteiger partial charge in [-0.3, -0.25) is 0 Å². The lowest BCUT2D eigenvalue weighted by Crippen LogP contribution is -2.07. The second-order valence-corrected chi connectivity index (χ2v) is 3.94. The second kappa shape index (κ2) is 3.96. The van der Waals surface area contributed by atoms with Crippen LogP contribution in [0.2, 0.25) is 0 Å². The zero-order valence-corrected chi connectivity index (χ0v) is 9.37. The number of aryl methyl sites for hydroxylation is 2. The highest BCUT2D eigenvalue weighted by molar-refractivity contribution is 5.38. The van der Waals surface area contributed by atoms with Crippen LogP contribution in [0.25, 0.3) is 0 Å². The maximum absolute atomic E-state index is 12.9. The average molecular weight is 219 g/mol. The molecule has 0 aliphatic heterocycles. The third kappa shape index (κ3) is 1.91. The molecule has 84 valence electrons. The first-order valence-electron chi connectivity index (χ1n) is 5.11. The molecule has 0 unspecified atom stereocenters. The van der Waals surface area contributed by atoms with Gasteiger partial charge in [-0.05, 0) is 37.1 Å². The molecule has 2 rings (SSSR count). The van der Waals surface area contributed by atoms with Gasteiger partial charge in [0, 0.05) is 5.56 Å². The average Bonchev–Trinajstić information content (AvgIpc) is 2.54. The Bertz CT molecular complexity index is 517. The standard InChI is InChI=1S/C12H14FN3/c1-8-5-11(13)4-3-10(8)7-16-12(14)9(2)6-15-16/h3-6H,7,14H2,1-2H3. The fourth-order valence-corrected chi connectivity index (χ4v) is 1.61. The van der Waals surface area contributed by atoms with E-state index in [2.05, 4.69) is 5.10 Å². The van der Waals surface area contributed by atoms with Gasteiger partial charge in [0.2, 0.25) is 0 Å². The quantitative estimate of drug-likeness (QED) is 0.842. The lowest BCUT2D eigenvalue weighted by Gasteiger charge is -2.07. The summed E-state index contributed by atoms with van der Waals surface area (Å²) in [6, 6.07) is 4.73. The number of nitrogens with zero attached hydrogens (tertiary/aromatic N) is 2. The SMILES string of the molecule is Cc1cc(F)ccc1Cn1ncc(C)c1N. The molecule has 16 heavy (non-hydrogen) atoms. The zero-order valence-electron chi connectivity index (χ0n) is 9.37. The zero-order chi connectivity index (χ0) is 11.7. The van der Waals surface area contributed by atoms with Crippen molar-refractivity contribution in [2.24, 2.45) is 0 Å². The van der Waals surface area contributed by atoms with Crippen LogP contribution in [0, 0.1) is 19.7 Å². The summed E-state index contributed by atoms with van der Waals surface area (Å²) in [6.07, 6.45) is 1.73. The molecule has 3 nitrogen and oxygen atoms in total. The number of anilines is 1. The summed E-state index contributed by atoms with van der Waals surface area (Å²) in [5, 5.41) is 4.17. The molecule has 0 spiro atoms. The molecule has 0 radical (unpaired) electrons. The van der Waals surface area contributed by atoms with E-state index in [1.54, 1.807) is 16.9 Å². The van der Waals surface area contributed by atoms with Crippen molar-refractivity contribution in [3.05, 3.63) is 46.9 Å². The van der Waals surface area contributed by atoms with Gasteiger partial charge in [0.1, 0.15) is 11.6 Å². The fraction of sp³-hybridized carbons (Fsp3) is 0.250. The van der Waals surface area contributed by atoms with Gasteiger partial charge < -0.3 is 5.73 Å². The highest BCUT2D eigenvalue weighted by atomic mass is 19.1. The van der Waals surface area contributed by atoms with E-state index < -0.39 is 0 Å². The van der Waals surface area contributed by atoms with E-state index >= 15 is 0 Å². The number of nitrogens with two attached hydrogens (primary N) is 1. The topological polar surface area (TPSA) is 43.8 Å². The van der Waals surface area contributed by atoms with Crippen LogP contribution in [0.1, 0.15) is 16.7 Å². The molecule has 0 saturated heterocycles. The molecule has 0 amide bonds. The van der Waals surface area contributed by atoms with Crippen molar-refractivity contribution in [2.45, 2.75) is 20.4 Å². The van der Waals surface area contributed by atoms with Crippen molar-refractivity contribution in [2.75, 3.05) is 5.73 Å². The summed E-state index contributed by atoms with van der Waals surface area (Å²) in [7, 11) is 0. The van der Waals surface area contributed by atoms with E-state index in [1.807, 2.05) is 13.8 Å². The van der Waals surface area contributed by atoms with Gasteiger partial charge in [0.25, 0.3) is 0 Å². The first kappa shape index (κ1) is 10.7. The molecule has 2 N–H and O–H groups in total. The molecular weight excluding hydrogens is 205 g/mol. The summed E-state index contributed by atoms with van der Waals surface area (Å²) in [4.78, 5) is 0. The van der Waals surface area contributed by atoms with Crippen molar-refractivity contribution in [1.82, 2.24) is 9.78 Å². The lowest BCUT2D eigenvalue weighted by atomic mass is 10.1. The molecule has 1 aromatic carbocycles. The van der Waals surface area contributed by atoms with Crippen LogP contribution in [0.3, 0.4) is 0 Å². The minimum Gasteiger partial charge on any atom is -0.384 e. The Kier molecular flexibility index (Phi) is 2.64. The number of benzene rings is 1. The third-order valence-corrected chi connectivity index (χ3v) is 2.70. The Balaban J connectivity index is 2.30. The molecule has 1 heterocycles. The van der Waals surface area contributed by atoms with Gasteiger partial charge in [-0.15, -0.1) is 0 Å². The van der Waals surface area contributed by atoms with E-state index in [9.17, 15) is 4.39 Å². The van der Waals surface area contributed by atoms with Gasteiger partial charge in [-0.2, -0.15) is 5.10 Å². The molecule has 2 aromatic rings. The van der Waals surface area contributed by atoms with Gasteiger partial charge in [0.15, 0.2) is 0 Å². The second-order valence-electron chi connectivity index (χ2n) is 3.94. The van der Waals surface area contributed by atoms with Crippen molar-refractivity contribution in [3.63, 3.8) is 0 Å². The normalized spacial score (nSPS) is 10.7. The summed E-state index contributed by atoms with van der Waals surface area (Å²) < 4.78 is 14.6. The van der Waals surface area contributed by atoms with Crippen molar-refractivity contribution in [3.8, 4) is 0 Å². The largest absolute Gasteiger partial charge is 0.384 e. The molecule has 0 saturated carbocycles. The summed E-state index contributed by atoms with van der Waals surface area (Å²) in [5.41, 5.74) is 8.75. The predicted molar refractivity (Wildman–Crippen MR) is 61.6 cm³/mol. The Labute approximate surface area is 93.7 Å². The number of aromatic nitrogens is 2. The van der Waals surface area contributed by atoms with E-state index in [4.69, 9.17) is 5.73 Å². The van der Waals surface area contributed by atoms with Gasteiger partial charge in [-0.1, -0.05) is 6.07 Å². The van der Waals surface area contributed by atoms with Crippen molar-refractivity contribution >= 4 is 5.82 Å². The Morgan fingerprint density at radius 1 is 1.31 bits per heavy atom. The van der Waals surface area contributed by atoms with Crippen molar-refractivity contribution < 1.29 is 4.39 Å². The van der Waals surface area contributed by atoms with Crippen LogP contribution < -0.4 is 5.73 Å². The van der Waals surface area contributed by atoms with Crippen LogP contribution >= 0.6 is 0 Å². The summed E-state index contributed by atoms with van der Waals surface area (Å²) in [5.74, 6) is 0.439. The molecule has 0 bridgehead atoms. The maximum Gasteiger partial charge on any atom is 0.124 e. The van der Waals surface area contributed by atoms with Gasteiger partial charge >= 0.3 is 0 Å². The molecule has 0 aliphatic carbocycles. The van der Waals surface area contributed by atoms with E-state index in [1.165, 1.54) is 12.1 Å². The van der Waals surface area contributed by atoms with E-state index in [0.29, 0.717) is 12.4 Å². The smallest absolute Gasteiger partial charge is 0.124 e. The Morgan fingerprint density at radius 3 is 2.62 bits per heavy atom. The van der Waals surface area contributed by atoms with Crippen LogP contribution in [0.4, 0.5) is 10.2 Å². The van der Waals surface area contributed by atoms with Gasteiger partial charge in [-0.25, -0.2) is 9.07 Å². The van der Waals surface area contributed by atoms with Crippen LogP contribution in [0.5, 0.6) is 0 Å². The molecule has 0 atom stereocenters. The van der Waals surface area contributed by atoms with Gasteiger partial charge in [0.05, 0.1) is 12.7 Å².